The second kappa shape index (κ2) is 7.37. The molecule has 4 heteroatoms. The van der Waals surface area contributed by atoms with Gasteiger partial charge < -0.3 is 5.73 Å². The fraction of sp³-hybridized carbons (Fsp3) is 0.250. The normalized spacial score (nSPS) is 12.4. The Morgan fingerprint density at radius 1 is 1.10 bits per heavy atom. The van der Waals surface area contributed by atoms with E-state index in [1.165, 1.54) is 10.5 Å². The second-order valence-corrected chi connectivity index (χ2v) is 6.76. The van der Waals surface area contributed by atoms with Gasteiger partial charge in [-0.2, -0.15) is 0 Å². The Morgan fingerprint density at radius 2 is 1.80 bits per heavy atom. The molecule has 0 aliphatic heterocycles. The van der Waals surface area contributed by atoms with E-state index >= 15 is 0 Å². The first-order valence-corrected chi connectivity index (χ1v) is 8.18. The zero-order valence-corrected chi connectivity index (χ0v) is 13.6. The molecular formula is C16H17Cl2NS. The van der Waals surface area contributed by atoms with Crippen LogP contribution >= 0.6 is 35.0 Å². The molecule has 0 aromatic heterocycles. The maximum Gasteiger partial charge on any atom is 0.0453 e. The number of nitrogens with two attached hydrogens (primary N) is 1. The summed E-state index contributed by atoms with van der Waals surface area (Å²) >= 11 is 13.8. The third-order valence-corrected chi connectivity index (χ3v) is 4.77. The fourth-order valence-corrected chi connectivity index (χ4v) is 3.20. The van der Waals surface area contributed by atoms with Crippen molar-refractivity contribution in [3.8, 4) is 0 Å². The fourth-order valence-electron chi connectivity index (χ4n) is 1.87. The summed E-state index contributed by atoms with van der Waals surface area (Å²) in [4.78, 5) is 1.24. The van der Waals surface area contributed by atoms with Gasteiger partial charge in [0.05, 0.1) is 0 Å². The average molecular weight is 326 g/mol. The van der Waals surface area contributed by atoms with Crippen molar-refractivity contribution in [2.45, 2.75) is 24.3 Å². The number of hydrogen-bond donors (Lipinski definition) is 1. The van der Waals surface area contributed by atoms with E-state index in [0.717, 1.165) is 17.7 Å². The molecule has 0 aliphatic rings. The summed E-state index contributed by atoms with van der Waals surface area (Å²) in [7, 11) is 0. The average Bonchev–Trinajstić information content (AvgIpc) is 2.41. The molecule has 0 saturated heterocycles. The Labute approximate surface area is 134 Å². The first-order valence-electron chi connectivity index (χ1n) is 6.43. The molecule has 0 bridgehead atoms. The minimum Gasteiger partial charge on any atom is -0.327 e. The number of halogens is 2. The van der Waals surface area contributed by atoms with Gasteiger partial charge in [-0.15, -0.1) is 11.8 Å². The van der Waals surface area contributed by atoms with Gasteiger partial charge in [0, 0.05) is 26.7 Å². The van der Waals surface area contributed by atoms with Gasteiger partial charge in [-0.1, -0.05) is 47.0 Å². The van der Waals surface area contributed by atoms with Crippen LogP contribution in [0.1, 0.15) is 11.1 Å². The van der Waals surface area contributed by atoms with E-state index in [9.17, 15) is 0 Å². The molecule has 1 atom stereocenters. The van der Waals surface area contributed by atoms with Crippen LogP contribution < -0.4 is 5.73 Å². The number of hydrogen-bond acceptors (Lipinski definition) is 2. The highest BCUT2D eigenvalue weighted by molar-refractivity contribution is 7.99. The highest BCUT2D eigenvalue weighted by Crippen LogP contribution is 2.24. The van der Waals surface area contributed by atoms with Crippen LogP contribution in [0.2, 0.25) is 10.0 Å². The predicted molar refractivity (Wildman–Crippen MR) is 90.0 cm³/mol. The maximum absolute atomic E-state index is 6.18. The van der Waals surface area contributed by atoms with Gasteiger partial charge >= 0.3 is 0 Å². The molecule has 106 valence electrons. The Kier molecular flexibility index (Phi) is 5.79. The van der Waals surface area contributed by atoms with Crippen LogP contribution in [0.15, 0.2) is 47.4 Å². The van der Waals surface area contributed by atoms with Crippen LogP contribution in [0.3, 0.4) is 0 Å². The quantitative estimate of drug-likeness (QED) is 0.786. The summed E-state index contributed by atoms with van der Waals surface area (Å²) in [6, 6.07) is 14.1. The zero-order chi connectivity index (χ0) is 14.5. The van der Waals surface area contributed by atoms with E-state index in [1.807, 2.05) is 12.1 Å². The number of benzene rings is 2. The minimum atomic E-state index is 0.0694. The van der Waals surface area contributed by atoms with Crippen molar-refractivity contribution in [3.63, 3.8) is 0 Å². The SMILES string of the molecule is Cc1ccc(SCC(N)Cc2ccc(Cl)cc2Cl)cc1. The molecule has 0 amide bonds. The van der Waals surface area contributed by atoms with Crippen molar-refractivity contribution in [1.29, 1.82) is 0 Å². The largest absolute Gasteiger partial charge is 0.327 e. The lowest BCUT2D eigenvalue weighted by atomic mass is 10.1. The van der Waals surface area contributed by atoms with Crippen LogP contribution in [0, 0.1) is 6.92 Å². The molecule has 0 aliphatic carbocycles. The minimum absolute atomic E-state index is 0.0694. The molecule has 0 heterocycles. The molecule has 2 aromatic rings. The van der Waals surface area contributed by atoms with Gasteiger partial charge in [0.2, 0.25) is 0 Å². The topological polar surface area (TPSA) is 26.0 Å². The lowest BCUT2D eigenvalue weighted by molar-refractivity contribution is 0.749. The maximum atomic E-state index is 6.18. The van der Waals surface area contributed by atoms with E-state index in [0.29, 0.717) is 10.0 Å². The van der Waals surface area contributed by atoms with Gasteiger partial charge in [-0.3, -0.25) is 0 Å². The molecule has 2 rings (SSSR count). The molecule has 0 saturated carbocycles. The summed E-state index contributed by atoms with van der Waals surface area (Å²) < 4.78 is 0. The molecule has 1 unspecified atom stereocenters. The van der Waals surface area contributed by atoms with Crippen molar-refractivity contribution in [1.82, 2.24) is 0 Å². The predicted octanol–water partition coefficient (Wildman–Crippen LogP) is 4.96. The smallest absolute Gasteiger partial charge is 0.0453 e. The number of rotatable bonds is 5. The van der Waals surface area contributed by atoms with Gasteiger partial charge in [0.1, 0.15) is 0 Å². The molecule has 20 heavy (non-hydrogen) atoms. The van der Waals surface area contributed by atoms with Crippen molar-refractivity contribution in [2.24, 2.45) is 5.73 Å². The van der Waals surface area contributed by atoms with Crippen molar-refractivity contribution in [2.75, 3.05) is 5.75 Å². The zero-order valence-electron chi connectivity index (χ0n) is 11.3. The highest BCUT2D eigenvalue weighted by Gasteiger charge is 2.08. The summed E-state index contributed by atoms with van der Waals surface area (Å²) in [5.74, 6) is 0.863. The van der Waals surface area contributed by atoms with Crippen LogP contribution in [-0.4, -0.2) is 11.8 Å². The molecular weight excluding hydrogens is 309 g/mol. The first-order chi connectivity index (χ1) is 9.54. The van der Waals surface area contributed by atoms with Crippen LogP contribution in [0.4, 0.5) is 0 Å². The Balaban J connectivity index is 1.89. The van der Waals surface area contributed by atoms with Crippen molar-refractivity contribution in [3.05, 3.63) is 63.6 Å². The third-order valence-electron chi connectivity index (χ3n) is 2.98. The summed E-state index contributed by atoms with van der Waals surface area (Å²) in [5.41, 5.74) is 8.50. The molecule has 0 radical (unpaired) electrons. The number of aryl methyl sites for hydroxylation is 1. The van der Waals surface area contributed by atoms with E-state index < -0.39 is 0 Å². The molecule has 1 nitrogen and oxygen atoms in total. The standard InChI is InChI=1S/C16H17Cl2NS/c1-11-2-6-15(7-3-11)20-10-14(19)8-12-4-5-13(17)9-16(12)18/h2-7,9,14H,8,10,19H2,1H3. The molecule has 0 fully saturated rings. The monoisotopic (exact) mass is 325 g/mol. The summed E-state index contributed by atoms with van der Waals surface area (Å²) in [6.45, 7) is 2.09. The number of thioether (sulfide) groups is 1. The molecule has 2 N–H and O–H groups in total. The lowest BCUT2D eigenvalue weighted by Gasteiger charge is -2.12. The molecule has 2 aromatic carbocycles. The Bertz CT molecular complexity index is 569. The first kappa shape index (κ1) is 15.7. The van der Waals surface area contributed by atoms with E-state index in [2.05, 4.69) is 31.2 Å². The highest BCUT2D eigenvalue weighted by atomic mass is 35.5. The van der Waals surface area contributed by atoms with Gasteiger partial charge in [-0.25, -0.2) is 0 Å². The van der Waals surface area contributed by atoms with Gasteiger partial charge in [-0.05, 0) is 43.2 Å². The summed E-state index contributed by atoms with van der Waals surface area (Å²) in [6.07, 6.45) is 0.759. The van der Waals surface area contributed by atoms with Crippen LogP contribution in [0.25, 0.3) is 0 Å². The lowest BCUT2D eigenvalue weighted by Crippen LogP contribution is -2.25. The molecule has 0 spiro atoms. The summed E-state index contributed by atoms with van der Waals surface area (Å²) in [5, 5.41) is 1.34. The van der Waals surface area contributed by atoms with Crippen LogP contribution in [-0.2, 0) is 6.42 Å². The third kappa shape index (κ3) is 4.71. The van der Waals surface area contributed by atoms with E-state index in [1.54, 1.807) is 17.8 Å². The van der Waals surface area contributed by atoms with Crippen molar-refractivity contribution >= 4 is 35.0 Å². The Morgan fingerprint density at radius 3 is 2.45 bits per heavy atom. The van der Waals surface area contributed by atoms with Crippen LogP contribution in [0.5, 0.6) is 0 Å². The van der Waals surface area contributed by atoms with E-state index in [-0.39, 0.29) is 6.04 Å². The second-order valence-electron chi connectivity index (χ2n) is 4.82. The van der Waals surface area contributed by atoms with E-state index in [4.69, 9.17) is 28.9 Å². The van der Waals surface area contributed by atoms with Gasteiger partial charge in [0.25, 0.3) is 0 Å². The van der Waals surface area contributed by atoms with Gasteiger partial charge in [0.15, 0.2) is 0 Å². The Hall–Kier alpha value is -0.670. The van der Waals surface area contributed by atoms with Crippen molar-refractivity contribution < 1.29 is 0 Å².